The summed E-state index contributed by atoms with van der Waals surface area (Å²) in [6.45, 7) is 6.64. The molecule has 0 unspecified atom stereocenters. The van der Waals surface area contributed by atoms with Gasteiger partial charge in [0, 0.05) is 40.2 Å². The van der Waals surface area contributed by atoms with E-state index in [4.69, 9.17) is 19.7 Å². The fourth-order valence-corrected chi connectivity index (χ4v) is 7.47. The van der Waals surface area contributed by atoms with Crippen LogP contribution in [-0.2, 0) is 26.5 Å². The predicted molar refractivity (Wildman–Crippen MR) is 214 cm³/mol. The van der Waals surface area contributed by atoms with E-state index in [0.29, 0.717) is 11.5 Å². The van der Waals surface area contributed by atoms with E-state index in [1.54, 1.807) is 0 Å². The third-order valence-electron chi connectivity index (χ3n) is 9.99. The number of nitrogens with zero attached hydrogens (tertiary/aromatic N) is 5. The molecule has 5 aromatic carbocycles. The smallest absolute Gasteiger partial charge is 0.503 e. The molecule has 0 bridgehead atoms. The van der Waals surface area contributed by atoms with Gasteiger partial charge >= 0.3 is 21.1 Å². The van der Waals surface area contributed by atoms with Crippen molar-refractivity contribution in [2.75, 3.05) is 0 Å². The van der Waals surface area contributed by atoms with Crippen LogP contribution < -0.4 is 4.74 Å². The number of ether oxygens (including phenoxy) is 1. The average molecular weight is 879 g/mol. The summed E-state index contributed by atoms with van der Waals surface area (Å²) in [5.41, 5.74) is 10.4. The van der Waals surface area contributed by atoms with Crippen LogP contribution in [0.15, 0.2) is 146 Å². The Morgan fingerprint density at radius 3 is 2.07 bits per heavy atom. The number of pyridine rings is 3. The summed E-state index contributed by atoms with van der Waals surface area (Å²) in [5.74, 6) is 1.16. The van der Waals surface area contributed by atoms with Gasteiger partial charge in [-0.25, -0.2) is 4.98 Å². The topological polar surface area (TPSA) is 57.2 Å². The largest absolute Gasteiger partial charge is 2.00 e. The summed E-state index contributed by atoms with van der Waals surface area (Å²) < 4.78 is 11.2. The summed E-state index contributed by atoms with van der Waals surface area (Å²) in [6, 6.07) is 53.0. The van der Waals surface area contributed by atoms with Crippen molar-refractivity contribution in [2.24, 2.45) is 0 Å². The van der Waals surface area contributed by atoms with Gasteiger partial charge < -0.3 is 13.7 Å². The molecular weight excluding hydrogens is 846 g/mol. The second-order valence-electron chi connectivity index (χ2n) is 14.4. The van der Waals surface area contributed by atoms with E-state index < -0.39 is 0 Å². The fraction of sp³-hybridized carbons (Fsp3) is 0.0851. The van der Waals surface area contributed by atoms with E-state index in [0.717, 1.165) is 83.2 Å². The molecule has 7 heteroatoms. The number of rotatable bonds is 5. The summed E-state index contributed by atoms with van der Waals surface area (Å²) in [6.07, 6.45) is 3.68. The minimum absolute atomic E-state index is 0. The molecule has 0 saturated heterocycles. The van der Waals surface area contributed by atoms with Crippen molar-refractivity contribution in [3.8, 4) is 39.7 Å². The zero-order valence-corrected chi connectivity index (χ0v) is 32.1. The number of hydrogen-bond acceptors (Lipinski definition) is 4. The van der Waals surface area contributed by atoms with E-state index in [-0.39, 0.29) is 26.5 Å². The first-order valence-corrected chi connectivity index (χ1v) is 17.8. The molecule has 5 heterocycles. The molecule has 6 nitrogen and oxygen atoms in total. The quantitative estimate of drug-likeness (QED) is 0.128. The Labute approximate surface area is 327 Å². The first-order valence-electron chi connectivity index (χ1n) is 17.8. The first-order chi connectivity index (χ1) is 25.9. The fourth-order valence-electron chi connectivity index (χ4n) is 7.47. The molecule has 0 saturated carbocycles. The minimum Gasteiger partial charge on any atom is -0.503 e. The van der Waals surface area contributed by atoms with Gasteiger partial charge in [0.15, 0.2) is 0 Å². The van der Waals surface area contributed by atoms with Gasteiger partial charge in [-0.1, -0.05) is 128 Å². The molecular formula is C47H33N5OPt. The molecule has 0 aliphatic heterocycles. The van der Waals surface area contributed by atoms with Crippen LogP contribution in [0.3, 0.4) is 0 Å². The summed E-state index contributed by atoms with van der Waals surface area (Å²) in [5, 5.41) is 4.02. The molecule has 5 aromatic heterocycles. The average Bonchev–Trinajstić information content (AvgIpc) is 3.76. The number of benzene rings is 5. The van der Waals surface area contributed by atoms with Crippen LogP contribution in [0.2, 0.25) is 0 Å². The first kappa shape index (κ1) is 33.7. The molecule has 0 radical (unpaired) electrons. The normalized spacial score (nSPS) is 11.8. The van der Waals surface area contributed by atoms with Crippen LogP contribution >= 0.6 is 0 Å². The number of aromatic nitrogens is 5. The molecule has 0 aliphatic carbocycles. The third-order valence-corrected chi connectivity index (χ3v) is 9.99. The number of imidazole rings is 1. The molecule has 0 spiro atoms. The zero-order valence-electron chi connectivity index (χ0n) is 29.8. The van der Waals surface area contributed by atoms with Gasteiger partial charge in [-0.15, -0.1) is 29.8 Å². The second-order valence-corrected chi connectivity index (χ2v) is 14.4. The van der Waals surface area contributed by atoms with E-state index >= 15 is 0 Å². The Bertz CT molecular complexity index is 2960. The second kappa shape index (κ2) is 13.1. The maximum Gasteiger partial charge on any atom is 2.00 e. The number of para-hydroxylation sites is 1. The SMILES string of the molecule is CC(C)(C)c1cc(Oc2[c-]c3c(cc2)c2ncccc2n2c(-c4ccccc4)c(-c4ccccc4)nc32)[c-]c(-n2c3ccccc3c3cccnc32)c1.[Pt+2]. The molecule has 0 atom stereocenters. The van der Waals surface area contributed by atoms with Crippen LogP contribution in [0.5, 0.6) is 11.5 Å². The monoisotopic (exact) mass is 878 g/mol. The van der Waals surface area contributed by atoms with Crippen molar-refractivity contribution >= 4 is 49.4 Å². The zero-order chi connectivity index (χ0) is 35.7. The standard InChI is InChI=1S/C47H33N5O.Pt/c1-47(2,3)32-26-33(51-40-20-11-10-18-36(40)38-19-12-25-49-45(38)51)28-35(27-32)53-34-22-23-37-39(29-34)46-50-42(30-14-6-4-7-15-30)44(31-16-8-5-9-17-31)52(46)41-21-13-24-48-43(37)41;/h4-27H,1-3H3;/q-2;+2. The van der Waals surface area contributed by atoms with Gasteiger partial charge in [0.1, 0.15) is 5.65 Å². The molecule has 54 heavy (non-hydrogen) atoms. The molecule has 10 rings (SSSR count). The predicted octanol–water partition coefficient (Wildman–Crippen LogP) is 11.5. The third kappa shape index (κ3) is 5.48. The summed E-state index contributed by atoms with van der Waals surface area (Å²) in [7, 11) is 0. The Morgan fingerprint density at radius 1 is 0.593 bits per heavy atom. The van der Waals surface area contributed by atoms with Crippen molar-refractivity contribution in [1.29, 1.82) is 0 Å². The molecule has 262 valence electrons. The van der Waals surface area contributed by atoms with E-state index in [2.05, 4.69) is 145 Å². The van der Waals surface area contributed by atoms with Gasteiger partial charge in [-0.05, 0) is 41.3 Å². The van der Waals surface area contributed by atoms with Crippen molar-refractivity contribution in [1.82, 2.24) is 23.9 Å². The van der Waals surface area contributed by atoms with Crippen LogP contribution in [0.4, 0.5) is 0 Å². The van der Waals surface area contributed by atoms with Crippen molar-refractivity contribution in [3.63, 3.8) is 0 Å². The number of hydrogen-bond donors (Lipinski definition) is 0. The van der Waals surface area contributed by atoms with E-state index in [1.807, 2.05) is 42.7 Å². The molecule has 10 aromatic rings. The van der Waals surface area contributed by atoms with Gasteiger partial charge in [0.25, 0.3) is 0 Å². The van der Waals surface area contributed by atoms with Crippen molar-refractivity contribution in [2.45, 2.75) is 26.2 Å². The van der Waals surface area contributed by atoms with Gasteiger partial charge in [0.05, 0.1) is 33.6 Å². The molecule has 0 amide bonds. The van der Waals surface area contributed by atoms with E-state index in [9.17, 15) is 0 Å². The number of fused-ring (bicyclic) bond motifs is 9. The van der Waals surface area contributed by atoms with Crippen LogP contribution in [0.1, 0.15) is 26.3 Å². The van der Waals surface area contributed by atoms with Gasteiger partial charge in [-0.2, -0.15) is 0 Å². The van der Waals surface area contributed by atoms with Crippen molar-refractivity contribution < 1.29 is 25.8 Å². The maximum atomic E-state index is 6.75. The molecule has 0 aliphatic rings. The van der Waals surface area contributed by atoms with Crippen LogP contribution in [0.25, 0.3) is 77.6 Å². The summed E-state index contributed by atoms with van der Waals surface area (Å²) in [4.78, 5) is 15.1. The Morgan fingerprint density at radius 2 is 1.28 bits per heavy atom. The van der Waals surface area contributed by atoms with Crippen LogP contribution in [-0.4, -0.2) is 23.9 Å². The van der Waals surface area contributed by atoms with Gasteiger partial charge in [0.2, 0.25) is 0 Å². The minimum atomic E-state index is -0.157. The molecule has 0 N–H and O–H groups in total. The van der Waals surface area contributed by atoms with Crippen LogP contribution in [0, 0.1) is 12.1 Å². The Kier molecular flexibility index (Phi) is 8.17. The molecule has 0 fully saturated rings. The summed E-state index contributed by atoms with van der Waals surface area (Å²) >= 11 is 0. The Hall–Kier alpha value is -6.10. The van der Waals surface area contributed by atoms with E-state index in [1.165, 1.54) is 0 Å². The van der Waals surface area contributed by atoms with Crippen molar-refractivity contribution in [3.05, 3.63) is 164 Å². The Balaban J connectivity index is 0.00000384. The van der Waals surface area contributed by atoms with Gasteiger partial charge in [-0.3, -0.25) is 9.97 Å². The maximum absolute atomic E-state index is 6.75.